The predicted molar refractivity (Wildman–Crippen MR) is 140 cm³/mol. The standard InChI is InChI=1S/C25H29F3N3O11P/c1-13(2)39-23(35)15(4)40-22(34)14(3)31(42-16-8-6-5-7-9-16)43(37)38-12-19-18(32)10-20(41-19)30-11-17(25(26,27)28)21(33)29-24(30)36/h5-9,11,13-15,18-20,32H,10,12H2,1-4H3/p+1/t14?,15?,18-,19+,20+/m0/s1. The van der Waals surface area contributed by atoms with Crippen LogP contribution in [0, 0.1) is 0 Å². The molecule has 18 heteroatoms. The van der Waals surface area contributed by atoms with E-state index in [4.69, 9.17) is 23.6 Å². The monoisotopic (exact) mass is 636 g/mol. The second-order valence-corrected chi connectivity index (χ2v) is 10.7. The van der Waals surface area contributed by atoms with Crippen LogP contribution in [0.25, 0.3) is 0 Å². The number of rotatable bonds is 12. The van der Waals surface area contributed by atoms with Crippen LogP contribution in [0.1, 0.15) is 45.9 Å². The number of carbonyl (C=O) groups excluding carboxylic acids is 2. The van der Waals surface area contributed by atoms with Crippen molar-refractivity contribution in [2.24, 2.45) is 0 Å². The Labute approximate surface area is 243 Å². The Morgan fingerprint density at radius 1 is 1.14 bits per heavy atom. The van der Waals surface area contributed by atoms with Gasteiger partial charge in [0.25, 0.3) is 5.56 Å². The summed E-state index contributed by atoms with van der Waals surface area (Å²) in [6, 6.07) is 6.43. The second kappa shape index (κ2) is 14.2. The summed E-state index contributed by atoms with van der Waals surface area (Å²) in [5, 5.41) is 10.4. The van der Waals surface area contributed by atoms with Crippen molar-refractivity contribution >= 4 is 20.1 Å². The van der Waals surface area contributed by atoms with Gasteiger partial charge >= 0.3 is 32.0 Å². The Bertz CT molecular complexity index is 1420. The third-order valence-corrected chi connectivity index (χ3v) is 7.01. The number of esters is 2. The van der Waals surface area contributed by atoms with Crippen molar-refractivity contribution < 1.29 is 56.0 Å². The summed E-state index contributed by atoms with van der Waals surface area (Å²) in [5.41, 5.74) is -4.49. The number of nitrogens with one attached hydrogen (secondary N) is 1. The number of aromatic nitrogens is 2. The van der Waals surface area contributed by atoms with Gasteiger partial charge in [0, 0.05) is 12.6 Å². The smallest absolute Gasteiger partial charge is 0.460 e. The number of aliphatic hydroxyl groups is 1. The molecule has 3 unspecified atom stereocenters. The molecule has 0 bridgehead atoms. The molecule has 14 nitrogen and oxygen atoms in total. The SMILES string of the molecule is CC(C)OC(=O)C(C)OC(=O)C(C)N(Oc1ccccc1)[P+](=O)OC[C@H]1O[C@@H](n2cc(C(F)(F)F)c(=O)[nH]c2=O)C[C@@H]1O. The zero-order valence-electron chi connectivity index (χ0n) is 23.3. The van der Waals surface area contributed by atoms with Crippen LogP contribution in [0.15, 0.2) is 46.1 Å². The number of hydrogen-bond acceptors (Lipinski definition) is 11. The second-order valence-electron chi connectivity index (χ2n) is 9.62. The van der Waals surface area contributed by atoms with Crippen LogP contribution >= 0.6 is 8.18 Å². The Balaban J connectivity index is 1.72. The number of para-hydroxylation sites is 1. The van der Waals surface area contributed by atoms with Gasteiger partial charge in [0.05, 0.1) is 12.2 Å². The lowest BCUT2D eigenvalue weighted by Gasteiger charge is -2.20. The molecule has 6 atom stereocenters. The van der Waals surface area contributed by atoms with E-state index in [1.54, 1.807) is 37.0 Å². The van der Waals surface area contributed by atoms with Gasteiger partial charge in [0.2, 0.25) is 0 Å². The van der Waals surface area contributed by atoms with Gasteiger partial charge in [-0.3, -0.25) is 19.1 Å². The van der Waals surface area contributed by atoms with Gasteiger partial charge in [-0.15, -0.1) is 4.52 Å². The van der Waals surface area contributed by atoms with Crippen LogP contribution in [0.3, 0.4) is 0 Å². The van der Waals surface area contributed by atoms with Gasteiger partial charge < -0.3 is 24.2 Å². The molecule has 2 aromatic rings. The number of aliphatic hydroxyl groups excluding tert-OH is 1. The van der Waals surface area contributed by atoms with E-state index >= 15 is 0 Å². The number of H-pyrrole nitrogens is 1. The summed E-state index contributed by atoms with van der Waals surface area (Å²) in [7, 11) is -3.04. The quantitative estimate of drug-likeness (QED) is 0.198. The van der Waals surface area contributed by atoms with Gasteiger partial charge in [-0.25, -0.2) is 9.59 Å². The van der Waals surface area contributed by atoms with Crippen molar-refractivity contribution in [2.75, 3.05) is 6.61 Å². The minimum absolute atomic E-state index is 0.150. The Morgan fingerprint density at radius 2 is 1.79 bits per heavy atom. The number of ether oxygens (including phenoxy) is 3. The minimum atomic E-state index is -5.06. The average molecular weight is 636 g/mol. The molecule has 1 fully saturated rings. The lowest BCUT2D eigenvalue weighted by Crippen LogP contribution is -2.41. The summed E-state index contributed by atoms with van der Waals surface area (Å²) in [6.45, 7) is 5.15. The molecule has 1 aromatic heterocycles. The minimum Gasteiger partial charge on any atom is -0.460 e. The first-order valence-corrected chi connectivity index (χ1v) is 14.0. The van der Waals surface area contributed by atoms with Gasteiger partial charge in [0.15, 0.2) is 17.9 Å². The van der Waals surface area contributed by atoms with Crippen LogP contribution in [0.4, 0.5) is 13.2 Å². The highest BCUT2D eigenvalue weighted by molar-refractivity contribution is 7.36. The molecule has 0 saturated carbocycles. The highest BCUT2D eigenvalue weighted by Gasteiger charge is 2.46. The fourth-order valence-corrected chi connectivity index (χ4v) is 4.64. The number of hydrogen-bond donors (Lipinski definition) is 2. The van der Waals surface area contributed by atoms with E-state index in [-0.39, 0.29) is 18.4 Å². The van der Waals surface area contributed by atoms with E-state index in [1.165, 1.54) is 26.0 Å². The number of alkyl halides is 3. The van der Waals surface area contributed by atoms with Crippen LogP contribution in [-0.2, 0) is 39.1 Å². The number of benzene rings is 1. The summed E-state index contributed by atoms with van der Waals surface area (Å²) < 4.78 is 74.1. The molecule has 236 valence electrons. The molecule has 1 saturated heterocycles. The topological polar surface area (TPSA) is 176 Å². The number of hydroxylamine groups is 1. The molecule has 0 amide bonds. The summed E-state index contributed by atoms with van der Waals surface area (Å²) in [5.74, 6) is -1.68. The zero-order chi connectivity index (χ0) is 32.1. The first-order valence-electron chi connectivity index (χ1n) is 12.9. The number of aromatic amines is 1. The highest BCUT2D eigenvalue weighted by Crippen LogP contribution is 2.36. The largest absolute Gasteiger partial charge is 0.653 e. The van der Waals surface area contributed by atoms with E-state index < -0.39 is 86.4 Å². The number of halogens is 3. The van der Waals surface area contributed by atoms with Crippen molar-refractivity contribution in [1.29, 1.82) is 0 Å². The molecule has 1 aliphatic rings. The fraction of sp³-hybridized carbons (Fsp3) is 0.520. The van der Waals surface area contributed by atoms with Crippen molar-refractivity contribution in [3.05, 3.63) is 62.9 Å². The molecule has 3 rings (SSSR count). The van der Waals surface area contributed by atoms with Crippen LogP contribution in [0.5, 0.6) is 5.75 Å². The summed E-state index contributed by atoms with van der Waals surface area (Å²) >= 11 is 0. The molecule has 1 aromatic carbocycles. The highest BCUT2D eigenvalue weighted by atomic mass is 31.1. The predicted octanol–water partition coefficient (Wildman–Crippen LogP) is 2.45. The maximum absolute atomic E-state index is 13.2. The molecule has 2 heterocycles. The molecular weight excluding hydrogens is 606 g/mol. The molecule has 0 aliphatic carbocycles. The van der Waals surface area contributed by atoms with Gasteiger partial charge in [-0.05, 0) is 44.4 Å². The molecule has 43 heavy (non-hydrogen) atoms. The number of nitrogens with zero attached hydrogens (tertiary/aromatic N) is 2. The van der Waals surface area contributed by atoms with E-state index in [9.17, 15) is 42.0 Å². The lowest BCUT2D eigenvalue weighted by molar-refractivity contribution is -0.174. The third-order valence-electron chi connectivity index (χ3n) is 5.89. The Kier molecular flexibility index (Phi) is 11.2. The van der Waals surface area contributed by atoms with Gasteiger partial charge in [0.1, 0.15) is 29.3 Å². The molecule has 2 N–H and O–H groups in total. The summed E-state index contributed by atoms with van der Waals surface area (Å²) in [6.07, 6.45) is -11.0. The van der Waals surface area contributed by atoms with E-state index in [2.05, 4.69) is 0 Å². The van der Waals surface area contributed by atoms with Crippen LogP contribution in [-0.4, -0.2) is 68.5 Å². The first-order chi connectivity index (χ1) is 20.1. The molecule has 0 spiro atoms. The lowest BCUT2D eigenvalue weighted by atomic mass is 10.2. The number of carbonyl (C=O) groups is 2. The van der Waals surface area contributed by atoms with Crippen molar-refractivity contribution in [1.82, 2.24) is 14.4 Å². The molecule has 0 radical (unpaired) electrons. The molecular formula is C25H30F3N3O11P+. The average Bonchev–Trinajstić information content (AvgIpc) is 3.29. The molecule has 1 aliphatic heterocycles. The van der Waals surface area contributed by atoms with E-state index in [1.807, 2.05) is 0 Å². The van der Waals surface area contributed by atoms with Gasteiger partial charge in [-0.2, -0.15) is 13.2 Å². The van der Waals surface area contributed by atoms with Crippen molar-refractivity contribution in [2.45, 2.75) is 77.0 Å². The summed E-state index contributed by atoms with van der Waals surface area (Å²) in [4.78, 5) is 56.4. The van der Waals surface area contributed by atoms with E-state index in [0.29, 0.717) is 9.40 Å². The van der Waals surface area contributed by atoms with Gasteiger partial charge in [-0.1, -0.05) is 18.2 Å². The van der Waals surface area contributed by atoms with Crippen molar-refractivity contribution in [3.63, 3.8) is 0 Å². The normalized spacial score (nSPS) is 20.5. The third kappa shape index (κ3) is 8.93. The zero-order valence-corrected chi connectivity index (χ0v) is 24.2. The maximum atomic E-state index is 13.2. The van der Waals surface area contributed by atoms with Crippen molar-refractivity contribution in [3.8, 4) is 5.75 Å². The Morgan fingerprint density at radius 3 is 2.40 bits per heavy atom. The fourth-order valence-electron chi connectivity index (χ4n) is 3.71. The van der Waals surface area contributed by atoms with Crippen LogP contribution in [0.2, 0.25) is 0 Å². The first kappa shape index (κ1) is 33.9. The maximum Gasteiger partial charge on any atom is 0.653 e. The van der Waals surface area contributed by atoms with E-state index in [0.717, 1.165) is 0 Å². The Hall–Kier alpha value is -3.63. The van der Waals surface area contributed by atoms with Crippen LogP contribution < -0.4 is 16.1 Å².